The van der Waals surface area contributed by atoms with Gasteiger partial charge in [-0.05, 0) is 53.5 Å². The zero-order chi connectivity index (χ0) is 23.5. The highest BCUT2D eigenvalue weighted by Crippen LogP contribution is 2.38. The predicted molar refractivity (Wildman–Crippen MR) is 130 cm³/mol. The molecule has 3 aromatic rings. The average Bonchev–Trinajstić information content (AvgIpc) is 3.04. The second-order valence-electron chi connectivity index (χ2n) is 8.29. The van der Waals surface area contributed by atoms with E-state index in [0.29, 0.717) is 28.8 Å². The summed E-state index contributed by atoms with van der Waals surface area (Å²) in [5.41, 5.74) is 4.11. The Bertz CT molecular complexity index is 1240. The van der Waals surface area contributed by atoms with Crippen LogP contribution < -0.4 is 9.64 Å². The maximum absolute atomic E-state index is 13.1. The van der Waals surface area contributed by atoms with Crippen LogP contribution in [0.15, 0.2) is 66.7 Å². The summed E-state index contributed by atoms with van der Waals surface area (Å²) in [4.78, 5) is 25.3. The van der Waals surface area contributed by atoms with Gasteiger partial charge in [0.2, 0.25) is 0 Å². The third kappa shape index (κ3) is 4.91. The van der Waals surface area contributed by atoms with E-state index in [-0.39, 0.29) is 18.2 Å². The van der Waals surface area contributed by atoms with Crippen molar-refractivity contribution in [3.8, 4) is 5.75 Å². The number of halogens is 1. The number of hydrogen-bond acceptors (Lipinski definition) is 4. The van der Waals surface area contributed by atoms with Gasteiger partial charge in [0.1, 0.15) is 12.4 Å². The number of nitro groups is 1. The summed E-state index contributed by atoms with van der Waals surface area (Å²) in [6.07, 6.45) is 1.85. The van der Waals surface area contributed by atoms with Crippen molar-refractivity contribution in [2.75, 3.05) is 11.4 Å². The van der Waals surface area contributed by atoms with Crippen LogP contribution in [-0.4, -0.2) is 17.4 Å². The fraction of sp³-hybridized carbons (Fsp3) is 0.192. The summed E-state index contributed by atoms with van der Waals surface area (Å²) in [7, 11) is 0. The summed E-state index contributed by atoms with van der Waals surface area (Å²) in [6.45, 7) is 5.07. The maximum atomic E-state index is 13.1. The van der Waals surface area contributed by atoms with Gasteiger partial charge >= 0.3 is 0 Å². The number of carbonyl (C=O) groups is 1. The van der Waals surface area contributed by atoms with Crippen LogP contribution in [0.1, 0.15) is 30.5 Å². The fourth-order valence-corrected chi connectivity index (χ4v) is 4.00. The summed E-state index contributed by atoms with van der Waals surface area (Å²) in [5.74, 6) is 0.833. The molecule has 0 aromatic heterocycles. The maximum Gasteiger partial charge on any atom is 0.269 e. The molecule has 1 heterocycles. The topological polar surface area (TPSA) is 72.7 Å². The molecular formula is C26H23ClN2O4. The van der Waals surface area contributed by atoms with Crippen LogP contribution in [-0.2, 0) is 11.4 Å². The molecule has 0 aliphatic carbocycles. The fourth-order valence-electron chi connectivity index (χ4n) is 3.76. The normalized spacial score (nSPS) is 14.1. The Kier molecular flexibility index (Phi) is 6.47. The van der Waals surface area contributed by atoms with Gasteiger partial charge in [0.25, 0.3) is 11.6 Å². The summed E-state index contributed by atoms with van der Waals surface area (Å²) in [6, 6.07) is 19.4. The van der Waals surface area contributed by atoms with Gasteiger partial charge < -0.3 is 9.64 Å². The number of carbonyl (C=O) groups excluding carboxylic acids is 1. The van der Waals surface area contributed by atoms with E-state index < -0.39 is 4.92 Å². The van der Waals surface area contributed by atoms with E-state index >= 15 is 0 Å². The molecule has 0 saturated carbocycles. The average molecular weight is 463 g/mol. The summed E-state index contributed by atoms with van der Waals surface area (Å²) < 4.78 is 5.79. The highest BCUT2D eigenvalue weighted by Gasteiger charge is 2.32. The van der Waals surface area contributed by atoms with Gasteiger partial charge in [0, 0.05) is 29.8 Å². The molecule has 0 fully saturated rings. The molecule has 0 unspecified atom stereocenters. The number of fused-ring (bicyclic) bond motifs is 1. The Morgan fingerprint density at radius 1 is 1.09 bits per heavy atom. The van der Waals surface area contributed by atoms with Gasteiger partial charge in [0.15, 0.2) is 0 Å². The standard InChI is InChI=1S/C26H23ClN2O4/c1-17(2)15-28-24-6-4-3-5-21(24)22(26(28)30)13-19-9-12-25(23(27)14-19)33-16-18-7-10-20(11-8-18)29(31)32/h3-14,17H,15-16H2,1-2H3/b22-13-. The van der Waals surface area contributed by atoms with Crippen LogP contribution in [0.4, 0.5) is 11.4 Å². The minimum atomic E-state index is -0.440. The van der Waals surface area contributed by atoms with E-state index in [4.69, 9.17) is 16.3 Å². The molecule has 0 radical (unpaired) electrons. The van der Waals surface area contributed by atoms with E-state index in [9.17, 15) is 14.9 Å². The number of amides is 1. The van der Waals surface area contributed by atoms with Crippen molar-refractivity contribution >= 4 is 40.5 Å². The van der Waals surface area contributed by atoms with Gasteiger partial charge in [-0.15, -0.1) is 0 Å². The van der Waals surface area contributed by atoms with Gasteiger partial charge in [0.05, 0.1) is 15.6 Å². The van der Waals surface area contributed by atoms with Crippen LogP contribution in [0.3, 0.4) is 0 Å². The smallest absolute Gasteiger partial charge is 0.269 e. The van der Waals surface area contributed by atoms with Crippen molar-refractivity contribution in [1.29, 1.82) is 0 Å². The second-order valence-corrected chi connectivity index (χ2v) is 8.69. The minimum absolute atomic E-state index is 0.0143. The van der Waals surface area contributed by atoms with Crippen LogP contribution >= 0.6 is 11.6 Å². The molecule has 6 nitrogen and oxygen atoms in total. The largest absolute Gasteiger partial charge is 0.487 e. The number of ether oxygens (including phenoxy) is 1. The van der Waals surface area contributed by atoms with Crippen molar-refractivity contribution in [2.45, 2.75) is 20.5 Å². The number of rotatable bonds is 7. The van der Waals surface area contributed by atoms with Gasteiger partial charge in [-0.25, -0.2) is 0 Å². The molecule has 3 aromatic carbocycles. The number of hydrogen-bond donors (Lipinski definition) is 0. The lowest BCUT2D eigenvalue weighted by Gasteiger charge is -2.19. The number of anilines is 1. The van der Waals surface area contributed by atoms with E-state index in [1.165, 1.54) is 12.1 Å². The first kappa shape index (κ1) is 22.6. The second kappa shape index (κ2) is 9.46. The van der Waals surface area contributed by atoms with Crippen LogP contribution in [0.25, 0.3) is 11.6 Å². The molecular weight excluding hydrogens is 440 g/mol. The molecule has 168 valence electrons. The highest BCUT2D eigenvalue weighted by molar-refractivity contribution is 6.36. The van der Waals surface area contributed by atoms with Gasteiger partial charge in [-0.1, -0.05) is 49.7 Å². The monoisotopic (exact) mass is 462 g/mol. The van der Waals surface area contributed by atoms with Gasteiger partial charge in [-0.3, -0.25) is 14.9 Å². The zero-order valence-electron chi connectivity index (χ0n) is 18.3. The number of para-hydroxylation sites is 1. The molecule has 0 atom stereocenters. The van der Waals surface area contributed by atoms with E-state index in [1.54, 1.807) is 24.3 Å². The van der Waals surface area contributed by atoms with Crippen LogP contribution in [0, 0.1) is 16.0 Å². The molecule has 1 aliphatic rings. The third-order valence-electron chi connectivity index (χ3n) is 5.32. The van der Waals surface area contributed by atoms with Crippen molar-refractivity contribution in [2.24, 2.45) is 5.92 Å². The molecule has 0 bridgehead atoms. The molecule has 33 heavy (non-hydrogen) atoms. The number of nitrogens with zero attached hydrogens (tertiary/aromatic N) is 2. The number of non-ortho nitro benzene ring substituents is 1. The molecule has 0 N–H and O–H groups in total. The highest BCUT2D eigenvalue weighted by atomic mass is 35.5. The number of nitro benzene ring substituents is 1. The molecule has 7 heteroatoms. The third-order valence-corrected chi connectivity index (χ3v) is 5.61. The predicted octanol–water partition coefficient (Wildman–Crippen LogP) is 6.37. The Morgan fingerprint density at radius 2 is 1.82 bits per heavy atom. The van der Waals surface area contributed by atoms with Crippen LogP contribution in [0.2, 0.25) is 5.02 Å². The Labute approximate surface area is 197 Å². The quantitative estimate of drug-likeness (QED) is 0.232. The first-order valence-electron chi connectivity index (χ1n) is 10.6. The van der Waals surface area contributed by atoms with Crippen molar-refractivity contribution in [3.05, 3.63) is 98.6 Å². The van der Waals surface area contributed by atoms with Crippen molar-refractivity contribution in [3.63, 3.8) is 0 Å². The van der Waals surface area contributed by atoms with E-state index in [1.807, 2.05) is 41.3 Å². The summed E-state index contributed by atoms with van der Waals surface area (Å²) in [5, 5.41) is 11.2. The lowest BCUT2D eigenvalue weighted by Crippen LogP contribution is -2.30. The molecule has 1 aliphatic heterocycles. The lowest BCUT2D eigenvalue weighted by molar-refractivity contribution is -0.384. The van der Waals surface area contributed by atoms with Gasteiger partial charge in [-0.2, -0.15) is 0 Å². The SMILES string of the molecule is CC(C)CN1C(=O)/C(=C\c2ccc(OCc3ccc([N+](=O)[O-])cc3)c(Cl)c2)c2ccccc21. The van der Waals surface area contributed by atoms with Crippen molar-refractivity contribution in [1.82, 2.24) is 0 Å². The summed E-state index contributed by atoms with van der Waals surface area (Å²) >= 11 is 6.44. The van der Waals surface area contributed by atoms with Crippen molar-refractivity contribution < 1.29 is 14.5 Å². The zero-order valence-corrected chi connectivity index (χ0v) is 19.1. The lowest BCUT2D eigenvalue weighted by atomic mass is 10.0. The minimum Gasteiger partial charge on any atom is -0.487 e. The Hall–Kier alpha value is -3.64. The molecule has 0 saturated heterocycles. The molecule has 1 amide bonds. The Morgan fingerprint density at radius 3 is 2.48 bits per heavy atom. The molecule has 0 spiro atoms. The first-order valence-corrected chi connectivity index (χ1v) is 11.0. The van der Waals surface area contributed by atoms with Crippen LogP contribution in [0.5, 0.6) is 5.75 Å². The van der Waals surface area contributed by atoms with E-state index in [2.05, 4.69) is 13.8 Å². The first-order chi connectivity index (χ1) is 15.8. The Balaban J connectivity index is 1.53. The number of benzene rings is 3. The molecule has 4 rings (SSSR count). The van der Waals surface area contributed by atoms with E-state index in [0.717, 1.165) is 22.4 Å².